The summed E-state index contributed by atoms with van der Waals surface area (Å²) in [6.45, 7) is 1.48. The van der Waals surface area contributed by atoms with Gasteiger partial charge in [0.2, 0.25) is 5.91 Å². The van der Waals surface area contributed by atoms with Gasteiger partial charge >= 0.3 is 0 Å². The highest BCUT2D eigenvalue weighted by atomic mass is 32.1. The lowest BCUT2D eigenvalue weighted by atomic mass is 10.1. The molecule has 4 N–H and O–H groups in total. The second kappa shape index (κ2) is 6.50. The highest BCUT2D eigenvalue weighted by molar-refractivity contribution is 7.14. The molecule has 1 heterocycles. The van der Waals surface area contributed by atoms with Gasteiger partial charge in [0, 0.05) is 34.9 Å². The molecule has 0 aliphatic carbocycles. The van der Waals surface area contributed by atoms with E-state index < -0.39 is 0 Å². The van der Waals surface area contributed by atoms with Gasteiger partial charge in [0.05, 0.1) is 5.69 Å². The van der Waals surface area contributed by atoms with Gasteiger partial charge in [0.1, 0.15) is 0 Å². The number of aromatic nitrogens is 1. The van der Waals surface area contributed by atoms with Crippen molar-refractivity contribution in [2.24, 2.45) is 0 Å². The van der Waals surface area contributed by atoms with Crippen molar-refractivity contribution in [1.82, 2.24) is 4.98 Å². The highest BCUT2D eigenvalue weighted by Crippen LogP contribution is 2.28. The van der Waals surface area contributed by atoms with E-state index >= 15 is 0 Å². The monoisotopic (exact) mass is 324 g/mol. The first-order valence-corrected chi connectivity index (χ1v) is 7.94. The van der Waals surface area contributed by atoms with Crippen molar-refractivity contribution < 1.29 is 4.79 Å². The van der Waals surface area contributed by atoms with E-state index in [9.17, 15) is 4.79 Å². The summed E-state index contributed by atoms with van der Waals surface area (Å²) in [6, 6.07) is 15.1. The summed E-state index contributed by atoms with van der Waals surface area (Å²) >= 11 is 1.51. The second-order valence-corrected chi connectivity index (χ2v) is 5.91. The minimum atomic E-state index is -0.0969. The lowest BCUT2D eigenvalue weighted by Gasteiger charge is -2.06. The van der Waals surface area contributed by atoms with Crippen LogP contribution in [0.4, 0.5) is 22.2 Å². The first kappa shape index (κ1) is 15.1. The molecule has 5 nitrogen and oxygen atoms in total. The van der Waals surface area contributed by atoms with Crippen molar-refractivity contribution >= 4 is 39.4 Å². The van der Waals surface area contributed by atoms with Crippen LogP contribution in [-0.4, -0.2) is 10.9 Å². The summed E-state index contributed by atoms with van der Waals surface area (Å²) in [7, 11) is 0. The molecule has 116 valence electrons. The molecule has 0 radical (unpaired) electrons. The first-order valence-electron chi connectivity index (χ1n) is 7.06. The van der Waals surface area contributed by atoms with E-state index in [0.29, 0.717) is 5.69 Å². The summed E-state index contributed by atoms with van der Waals surface area (Å²) < 4.78 is 0. The second-order valence-electron chi connectivity index (χ2n) is 5.05. The molecule has 0 unspecified atom stereocenters. The molecule has 0 aliphatic heterocycles. The lowest BCUT2D eigenvalue weighted by molar-refractivity contribution is -0.114. The number of carbonyl (C=O) groups is 1. The Hall–Kier alpha value is -2.86. The minimum Gasteiger partial charge on any atom is -0.399 e. The molecule has 0 spiro atoms. The van der Waals surface area contributed by atoms with Crippen LogP contribution in [0.2, 0.25) is 0 Å². The molecular weight excluding hydrogens is 308 g/mol. The molecule has 0 saturated carbocycles. The molecular formula is C17H16N4OS. The van der Waals surface area contributed by atoms with Crippen molar-refractivity contribution in [2.75, 3.05) is 16.4 Å². The van der Waals surface area contributed by atoms with E-state index in [1.165, 1.54) is 18.3 Å². The van der Waals surface area contributed by atoms with Crippen LogP contribution in [0.25, 0.3) is 11.3 Å². The number of hydrogen-bond donors (Lipinski definition) is 3. The number of nitrogen functional groups attached to an aromatic ring is 1. The minimum absolute atomic E-state index is 0.0969. The van der Waals surface area contributed by atoms with Crippen LogP contribution < -0.4 is 16.4 Å². The Kier molecular flexibility index (Phi) is 4.25. The zero-order chi connectivity index (χ0) is 16.2. The third kappa shape index (κ3) is 3.87. The molecule has 3 aromatic rings. The molecule has 2 aromatic carbocycles. The summed E-state index contributed by atoms with van der Waals surface area (Å²) in [6.07, 6.45) is 0. The molecule has 0 bridgehead atoms. The normalized spacial score (nSPS) is 10.3. The van der Waals surface area contributed by atoms with Gasteiger partial charge in [0.25, 0.3) is 0 Å². The molecule has 1 amide bonds. The molecule has 6 heteroatoms. The van der Waals surface area contributed by atoms with Crippen LogP contribution in [0.1, 0.15) is 6.92 Å². The molecule has 23 heavy (non-hydrogen) atoms. The fourth-order valence-electron chi connectivity index (χ4n) is 2.16. The molecule has 0 aliphatic rings. The fourth-order valence-corrected chi connectivity index (χ4v) is 2.90. The maximum absolute atomic E-state index is 11.1. The topological polar surface area (TPSA) is 80.0 Å². The Balaban J connectivity index is 1.78. The zero-order valence-corrected chi connectivity index (χ0v) is 13.4. The standard InChI is InChI=1S/C17H16N4OS/c1-11(22)19-14-6-3-7-15(9-14)20-17-21-16(10-23-17)12-4-2-5-13(18)8-12/h2-10H,18H2,1H3,(H,19,22)(H,20,21). The van der Waals surface area contributed by atoms with Crippen LogP contribution in [-0.2, 0) is 4.79 Å². The summed E-state index contributed by atoms with van der Waals surface area (Å²) in [5.41, 5.74) is 10.00. The number of nitrogens with one attached hydrogen (secondary N) is 2. The number of anilines is 4. The van der Waals surface area contributed by atoms with Gasteiger partial charge < -0.3 is 16.4 Å². The van der Waals surface area contributed by atoms with E-state index in [0.717, 1.165) is 27.8 Å². The molecule has 0 fully saturated rings. The smallest absolute Gasteiger partial charge is 0.221 e. The van der Waals surface area contributed by atoms with E-state index in [4.69, 9.17) is 5.73 Å². The Labute approximate surface area is 138 Å². The van der Waals surface area contributed by atoms with Gasteiger partial charge in [-0.25, -0.2) is 4.98 Å². The molecule has 1 aromatic heterocycles. The van der Waals surface area contributed by atoms with Gasteiger partial charge in [-0.1, -0.05) is 18.2 Å². The predicted molar refractivity (Wildman–Crippen MR) is 96.0 cm³/mol. The van der Waals surface area contributed by atoms with Crippen molar-refractivity contribution in [1.29, 1.82) is 0 Å². The van der Waals surface area contributed by atoms with Gasteiger partial charge in [-0.2, -0.15) is 0 Å². The lowest BCUT2D eigenvalue weighted by Crippen LogP contribution is -2.05. The molecule has 3 rings (SSSR count). The summed E-state index contributed by atoms with van der Waals surface area (Å²) in [4.78, 5) is 15.7. The van der Waals surface area contributed by atoms with Gasteiger partial charge in [-0.3, -0.25) is 4.79 Å². The Morgan fingerprint density at radius 2 is 1.91 bits per heavy atom. The zero-order valence-electron chi connectivity index (χ0n) is 12.5. The average molecular weight is 324 g/mol. The number of hydrogen-bond acceptors (Lipinski definition) is 5. The van der Waals surface area contributed by atoms with Gasteiger partial charge in [-0.05, 0) is 30.3 Å². The van der Waals surface area contributed by atoms with Crippen LogP contribution in [0.3, 0.4) is 0 Å². The number of rotatable bonds is 4. The Morgan fingerprint density at radius 1 is 1.13 bits per heavy atom. The van der Waals surface area contributed by atoms with Gasteiger partial charge in [0.15, 0.2) is 5.13 Å². The summed E-state index contributed by atoms with van der Waals surface area (Å²) in [5.74, 6) is -0.0969. The number of nitrogens with zero attached hydrogens (tertiary/aromatic N) is 1. The van der Waals surface area contributed by atoms with E-state index in [-0.39, 0.29) is 5.91 Å². The predicted octanol–water partition coefficient (Wildman–Crippen LogP) is 4.09. The number of nitrogens with two attached hydrogens (primary N) is 1. The molecule has 0 atom stereocenters. The van der Waals surface area contributed by atoms with Crippen molar-refractivity contribution in [3.63, 3.8) is 0 Å². The number of benzene rings is 2. The van der Waals surface area contributed by atoms with Crippen molar-refractivity contribution in [3.05, 3.63) is 53.9 Å². The average Bonchev–Trinajstić information content (AvgIpc) is 2.95. The van der Waals surface area contributed by atoms with Crippen LogP contribution >= 0.6 is 11.3 Å². The highest BCUT2D eigenvalue weighted by Gasteiger charge is 2.06. The van der Waals surface area contributed by atoms with Crippen molar-refractivity contribution in [2.45, 2.75) is 6.92 Å². The first-order chi connectivity index (χ1) is 11.1. The van der Waals surface area contributed by atoms with E-state index in [1.807, 2.05) is 53.9 Å². The van der Waals surface area contributed by atoms with Crippen LogP contribution in [0.5, 0.6) is 0 Å². The quantitative estimate of drug-likeness (QED) is 0.631. The molecule has 0 saturated heterocycles. The maximum atomic E-state index is 11.1. The third-order valence-electron chi connectivity index (χ3n) is 3.12. The fraction of sp³-hybridized carbons (Fsp3) is 0.0588. The number of amides is 1. The van der Waals surface area contributed by atoms with Crippen LogP contribution in [0.15, 0.2) is 53.9 Å². The SMILES string of the molecule is CC(=O)Nc1cccc(Nc2nc(-c3cccc(N)c3)cs2)c1. The Morgan fingerprint density at radius 3 is 2.70 bits per heavy atom. The summed E-state index contributed by atoms with van der Waals surface area (Å²) in [5, 5.41) is 8.77. The van der Waals surface area contributed by atoms with Crippen molar-refractivity contribution in [3.8, 4) is 11.3 Å². The Bertz CT molecular complexity index is 844. The number of carbonyl (C=O) groups excluding carboxylic acids is 1. The van der Waals surface area contributed by atoms with Gasteiger partial charge in [-0.15, -0.1) is 11.3 Å². The van der Waals surface area contributed by atoms with E-state index in [1.54, 1.807) is 0 Å². The van der Waals surface area contributed by atoms with Crippen LogP contribution in [0, 0.1) is 0 Å². The largest absolute Gasteiger partial charge is 0.399 e. The maximum Gasteiger partial charge on any atom is 0.221 e. The number of thiazole rings is 1. The third-order valence-corrected chi connectivity index (χ3v) is 3.88. The van der Waals surface area contributed by atoms with E-state index in [2.05, 4.69) is 15.6 Å².